The normalized spacial score (nSPS) is 17.1. The number of carbonyl (C=O) groups is 2. The third kappa shape index (κ3) is 5.97. The smallest absolute Gasteiger partial charge is 0.318 e. The van der Waals surface area contributed by atoms with Crippen molar-refractivity contribution in [3.8, 4) is 11.8 Å². The lowest BCUT2D eigenvalue weighted by atomic mass is 10.1. The van der Waals surface area contributed by atoms with Gasteiger partial charge in [0.1, 0.15) is 17.9 Å². The van der Waals surface area contributed by atoms with Gasteiger partial charge in [0.25, 0.3) is 5.91 Å². The Bertz CT molecular complexity index is 1060. The average molecular weight is 471 g/mol. The first-order valence-corrected chi connectivity index (χ1v) is 13.4. The third-order valence-corrected chi connectivity index (χ3v) is 7.13. The molecule has 33 heavy (non-hydrogen) atoms. The number of aliphatic hydroxyl groups is 1. The zero-order chi connectivity index (χ0) is 24.2. The van der Waals surface area contributed by atoms with Crippen molar-refractivity contribution in [3.05, 3.63) is 53.6 Å². The molecule has 3 amide bonds. The number of β-amino-alcohol motifs (C(OH)–C–C–N with tert-alkyl or cyclic N) is 1. The Labute approximate surface area is 195 Å². The van der Waals surface area contributed by atoms with Gasteiger partial charge in [-0.25, -0.2) is 14.8 Å². The van der Waals surface area contributed by atoms with Crippen LogP contribution in [0.25, 0.3) is 0 Å². The number of methoxy groups -OCH3 is 1. The van der Waals surface area contributed by atoms with Gasteiger partial charge in [0.05, 0.1) is 18.8 Å². The number of carbonyl (C=O) groups excluding carboxylic acids is 2. The summed E-state index contributed by atoms with van der Waals surface area (Å²) in [6.07, 6.45) is 6.26. The fourth-order valence-electron chi connectivity index (χ4n) is 3.68. The van der Waals surface area contributed by atoms with Gasteiger partial charge in [0.15, 0.2) is 0 Å². The molecule has 1 heterocycles. The Kier molecular flexibility index (Phi) is 7.51. The Hall–Kier alpha value is -3.22. The van der Waals surface area contributed by atoms with Crippen LogP contribution >= 0.6 is 10.0 Å². The van der Waals surface area contributed by atoms with Gasteiger partial charge in [-0.2, -0.15) is 5.26 Å². The van der Waals surface area contributed by atoms with Gasteiger partial charge < -0.3 is 25.4 Å². The van der Waals surface area contributed by atoms with E-state index in [1.54, 1.807) is 43.5 Å². The molecule has 8 nitrogen and oxygen atoms in total. The topological polar surface area (TPSA) is 115 Å². The molecule has 1 aliphatic heterocycles. The summed E-state index contributed by atoms with van der Waals surface area (Å²) in [5.74, 6) is 0.193. The number of likely N-dealkylation sites (tertiary alicyclic amines) is 1. The molecule has 2 unspecified atom stereocenters. The lowest BCUT2D eigenvalue weighted by Gasteiger charge is -2.27. The summed E-state index contributed by atoms with van der Waals surface area (Å²) in [6, 6.07) is 13.0. The van der Waals surface area contributed by atoms with Crippen LogP contribution < -0.4 is 15.4 Å². The summed E-state index contributed by atoms with van der Waals surface area (Å²) in [7, 11) is 0.434. The first kappa shape index (κ1) is 24.4. The molecule has 1 saturated heterocycles. The van der Waals surface area contributed by atoms with E-state index in [1.807, 2.05) is 6.07 Å². The van der Waals surface area contributed by atoms with Gasteiger partial charge >= 0.3 is 6.03 Å². The standard InChI is InChI=1S/C24H30N4O4S/c1-32-20-8-5-16(6-9-20)22(27-24(31)28-12-11-19(29)15-28)23(30)26-18-7-10-21(33(2,3)4)17(13-18)14-25/h5-10,13,19,22,29H,11-12,15H2,1-4H3,(H,26,30)(H,27,31). The molecule has 2 aromatic rings. The Balaban J connectivity index is 1.85. The Morgan fingerprint density at radius 3 is 2.45 bits per heavy atom. The van der Waals surface area contributed by atoms with E-state index in [0.717, 1.165) is 4.90 Å². The van der Waals surface area contributed by atoms with E-state index in [2.05, 4.69) is 35.5 Å². The second-order valence-corrected chi connectivity index (χ2v) is 12.8. The van der Waals surface area contributed by atoms with Crippen molar-refractivity contribution in [1.29, 1.82) is 5.26 Å². The maximum Gasteiger partial charge on any atom is 0.318 e. The zero-order valence-corrected chi connectivity index (χ0v) is 20.1. The molecule has 0 bridgehead atoms. The van der Waals surface area contributed by atoms with Gasteiger partial charge in [-0.3, -0.25) is 4.79 Å². The van der Waals surface area contributed by atoms with Crippen LogP contribution in [0, 0.1) is 11.3 Å². The van der Waals surface area contributed by atoms with Crippen LogP contribution in [0.2, 0.25) is 0 Å². The molecular formula is C24H30N4O4S. The predicted molar refractivity (Wildman–Crippen MR) is 130 cm³/mol. The molecule has 2 atom stereocenters. The maximum absolute atomic E-state index is 13.3. The van der Waals surface area contributed by atoms with Crippen molar-refractivity contribution in [2.75, 3.05) is 44.3 Å². The number of ether oxygens (including phenoxy) is 1. The minimum Gasteiger partial charge on any atom is -0.497 e. The highest BCUT2D eigenvalue weighted by atomic mass is 32.3. The number of urea groups is 1. The van der Waals surface area contributed by atoms with Crippen molar-refractivity contribution >= 4 is 27.7 Å². The monoisotopic (exact) mass is 470 g/mol. The third-order valence-electron chi connectivity index (χ3n) is 5.46. The van der Waals surface area contributed by atoms with Crippen LogP contribution in [0.5, 0.6) is 5.75 Å². The van der Waals surface area contributed by atoms with Gasteiger partial charge in [-0.15, -0.1) is 0 Å². The fourth-order valence-corrected chi connectivity index (χ4v) is 4.92. The number of benzene rings is 2. The molecule has 1 fully saturated rings. The van der Waals surface area contributed by atoms with Crippen LogP contribution in [0.4, 0.5) is 10.5 Å². The first-order chi connectivity index (χ1) is 15.6. The van der Waals surface area contributed by atoms with E-state index >= 15 is 0 Å². The van der Waals surface area contributed by atoms with E-state index < -0.39 is 34.1 Å². The van der Waals surface area contributed by atoms with Crippen molar-refractivity contribution in [2.24, 2.45) is 0 Å². The summed E-state index contributed by atoms with van der Waals surface area (Å²) < 4.78 is 5.19. The summed E-state index contributed by atoms with van der Waals surface area (Å²) >= 11 is 0. The number of nitrogens with zero attached hydrogens (tertiary/aromatic N) is 2. The van der Waals surface area contributed by atoms with Crippen molar-refractivity contribution in [3.63, 3.8) is 0 Å². The lowest BCUT2D eigenvalue weighted by molar-refractivity contribution is -0.118. The molecule has 2 aromatic carbocycles. The molecule has 0 spiro atoms. The molecule has 176 valence electrons. The van der Waals surface area contributed by atoms with Gasteiger partial charge in [-0.05, 0) is 61.1 Å². The van der Waals surface area contributed by atoms with E-state index in [9.17, 15) is 20.0 Å². The van der Waals surface area contributed by atoms with Gasteiger partial charge in [0, 0.05) is 23.7 Å². The highest BCUT2D eigenvalue weighted by molar-refractivity contribution is 8.32. The largest absolute Gasteiger partial charge is 0.497 e. The molecule has 3 N–H and O–H groups in total. The molecule has 9 heteroatoms. The average Bonchev–Trinajstić information content (AvgIpc) is 3.23. The Morgan fingerprint density at radius 1 is 1.21 bits per heavy atom. The minimum absolute atomic E-state index is 0.227. The number of anilines is 1. The second-order valence-electron chi connectivity index (χ2n) is 8.69. The number of rotatable bonds is 6. The van der Waals surface area contributed by atoms with Crippen LogP contribution in [-0.2, 0) is 4.79 Å². The van der Waals surface area contributed by atoms with E-state index in [1.165, 1.54) is 4.90 Å². The van der Waals surface area contributed by atoms with Crippen LogP contribution in [0.15, 0.2) is 47.4 Å². The van der Waals surface area contributed by atoms with Crippen molar-refractivity contribution in [1.82, 2.24) is 10.2 Å². The first-order valence-electron chi connectivity index (χ1n) is 10.5. The summed E-state index contributed by atoms with van der Waals surface area (Å²) in [4.78, 5) is 28.5. The minimum atomic E-state index is -1.12. The number of nitriles is 1. The predicted octanol–water partition coefficient (Wildman–Crippen LogP) is 3.08. The summed E-state index contributed by atoms with van der Waals surface area (Å²) in [6.45, 7) is 0.650. The molecule has 0 aromatic heterocycles. The molecule has 0 radical (unpaired) electrons. The molecule has 0 aliphatic carbocycles. The number of hydrogen-bond donors (Lipinski definition) is 3. The van der Waals surface area contributed by atoms with E-state index in [0.29, 0.717) is 35.5 Å². The van der Waals surface area contributed by atoms with Crippen LogP contribution in [0.3, 0.4) is 0 Å². The van der Waals surface area contributed by atoms with Gasteiger partial charge in [-0.1, -0.05) is 12.1 Å². The molecule has 0 saturated carbocycles. The van der Waals surface area contributed by atoms with Crippen molar-refractivity contribution < 1.29 is 19.4 Å². The number of aliphatic hydroxyl groups excluding tert-OH is 1. The van der Waals surface area contributed by atoms with Crippen LogP contribution in [0.1, 0.15) is 23.6 Å². The quantitative estimate of drug-likeness (QED) is 0.600. The fraction of sp³-hybridized carbons (Fsp3) is 0.375. The number of amides is 3. The lowest BCUT2D eigenvalue weighted by Crippen LogP contribution is -2.44. The summed E-state index contributed by atoms with van der Waals surface area (Å²) in [5.41, 5.74) is 1.58. The maximum atomic E-state index is 13.3. The molecular weight excluding hydrogens is 440 g/mol. The summed E-state index contributed by atoms with van der Waals surface area (Å²) in [5, 5.41) is 25.0. The van der Waals surface area contributed by atoms with E-state index in [4.69, 9.17) is 4.74 Å². The number of hydrogen-bond acceptors (Lipinski definition) is 5. The highest BCUT2D eigenvalue weighted by Crippen LogP contribution is 2.47. The second kappa shape index (κ2) is 10.1. The van der Waals surface area contributed by atoms with Gasteiger partial charge in [0.2, 0.25) is 0 Å². The zero-order valence-electron chi connectivity index (χ0n) is 19.3. The highest BCUT2D eigenvalue weighted by Gasteiger charge is 2.29. The van der Waals surface area contributed by atoms with Crippen molar-refractivity contribution in [2.45, 2.75) is 23.5 Å². The molecule has 1 aliphatic rings. The number of nitrogens with one attached hydrogen (secondary N) is 2. The van der Waals surface area contributed by atoms with Crippen LogP contribution in [-0.4, -0.2) is 67.0 Å². The Morgan fingerprint density at radius 2 is 1.91 bits per heavy atom. The SMILES string of the molecule is COc1ccc(C(NC(=O)N2CCC(O)C2)C(=O)Nc2ccc(S(C)(C)C)c(C#N)c2)cc1. The molecule has 3 rings (SSSR count). The van der Waals surface area contributed by atoms with E-state index in [-0.39, 0.29) is 6.54 Å².